The second kappa shape index (κ2) is 10.7. The highest BCUT2D eigenvalue weighted by molar-refractivity contribution is 5.89. The van der Waals surface area contributed by atoms with Crippen LogP contribution in [-0.2, 0) is 0 Å². The molecule has 1 aliphatic rings. The highest BCUT2D eigenvalue weighted by Gasteiger charge is 2.17. The maximum Gasteiger partial charge on any atom is 0.319 e. The Morgan fingerprint density at radius 3 is 2.37 bits per heavy atom. The first-order chi connectivity index (χ1) is 14.6. The number of rotatable bonds is 8. The summed E-state index contributed by atoms with van der Waals surface area (Å²) in [5, 5.41) is 5.68. The molecule has 0 bridgehead atoms. The Kier molecular flexibility index (Phi) is 7.73. The second-order valence-electron chi connectivity index (χ2n) is 7.11. The normalized spacial score (nSPS) is 14.3. The predicted octanol–water partition coefficient (Wildman–Crippen LogP) is 3.18. The zero-order chi connectivity index (χ0) is 21.3. The molecule has 3 rings (SSSR count). The van der Waals surface area contributed by atoms with Crippen molar-refractivity contribution in [2.75, 3.05) is 63.7 Å². The molecule has 1 aliphatic heterocycles. The van der Waals surface area contributed by atoms with E-state index in [9.17, 15) is 9.18 Å². The summed E-state index contributed by atoms with van der Waals surface area (Å²) in [5.74, 6) is 0.970. The molecule has 0 unspecified atom stereocenters. The van der Waals surface area contributed by atoms with Gasteiger partial charge in [-0.15, -0.1) is 0 Å². The van der Waals surface area contributed by atoms with Gasteiger partial charge in [-0.2, -0.15) is 0 Å². The van der Waals surface area contributed by atoms with E-state index >= 15 is 0 Å². The van der Waals surface area contributed by atoms with Crippen LogP contribution < -0.4 is 25.0 Å². The summed E-state index contributed by atoms with van der Waals surface area (Å²) in [5.41, 5.74) is 1.70. The molecule has 0 atom stereocenters. The Morgan fingerprint density at radius 1 is 1.00 bits per heavy atom. The molecule has 0 radical (unpaired) electrons. The van der Waals surface area contributed by atoms with Crippen LogP contribution in [0.25, 0.3) is 0 Å². The zero-order valence-corrected chi connectivity index (χ0v) is 17.5. The summed E-state index contributed by atoms with van der Waals surface area (Å²) in [6.45, 7) is 5.26. The van der Waals surface area contributed by atoms with Gasteiger partial charge in [-0.1, -0.05) is 0 Å². The molecular formula is C22H29FN4O3. The monoisotopic (exact) mass is 416 g/mol. The standard InChI is InChI=1S/C22H29FN4O3/c1-29-20-9-6-18(16-21(20)30-2)25-22(28)24-10-3-11-26-12-14-27(15-13-26)19-7-4-17(23)5-8-19/h4-9,16H,3,10-15H2,1-2H3,(H2,24,25,28). The highest BCUT2D eigenvalue weighted by Crippen LogP contribution is 2.29. The van der Waals surface area contributed by atoms with E-state index in [4.69, 9.17) is 9.47 Å². The summed E-state index contributed by atoms with van der Waals surface area (Å²) in [7, 11) is 3.13. The summed E-state index contributed by atoms with van der Waals surface area (Å²) in [6.07, 6.45) is 0.871. The van der Waals surface area contributed by atoms with Gasteiger partial charge in [-0.3, -0.25) is 4.90 Å². The SMILES string of the molecule is COc1ccc(NC(=O)NCCCN2CCN(c3ccc(F)cc3)CC2)cc1OC. The lowest BCUT2D eigenvalue weighted by Crippen LogP contribution is -2.47. The van der Waals surface area contributed by atoms with Crippen LogP contribution in [0.4, 0.5) is 20.6 Å². The minimum absolute atomic E-state index is 0.208. The number of hydrogen-bond acceptors (Lipinski definition) is 5. The largest absolute Gasteiger partial charge is 0.493 e. The van der Waals surface area contributed by atoms with Crippen LogP contribution in [0.2, 0.25) is 0 Å². The van der Waals surface area contributed by atoms with Gasteiger partial charge in [0.25, 0.3) is 0 Å². The number of piperazine rings is 1. The summed E-state index contributed by atoms with van der Waals surface area (Å²) in [6, 6.07) is 11.6. The molecule has 2 amide bonds. The molecule has 7 nitrogen and oxygen atoms in total. The van der Waals surface area contributed by atoms with Gasteiger partial charge in [-0.25, -0.2) is 9.18 Å². The fourth-order valence-corrected chi connectivity index (χ4v) is 3.48. The van der Waals surface area contributed by atoms with Crippen LogP contribution in [0.5, 0.6) is 11.5 Å². The predicted molar refractivity (Wildman–Crippen MR) is 116 cm³/mol. The number of carbonyl (C=O) groups is 1. The van der Waals surface area contributed by atoms with E-state index in [2.05, 4.69) is 20.4 Å². The molecule has 0 saturated carbocycles. The smallest absolute Gasteiger partial charge is 0.319 e. The molecule has 2 aromatic carbocycles. The zero-order valence-electron chi connectivity index (χ0n) is 17.5. The van der Waals surface area contributed by atoms with Crippen molar-refractivity contribution in [3.8, 4) is 11.5 Å². The Balaban J connectivity index is 1.33. The molecule has 0 spiro atoms. The van der Waals surface area contributed by atoms with Gasteiger partial charge in [-0.05, 0) is 49.4 Å². The van der Waals surface area contributed by atoms with Crippen LogP contribution in [0, 0.1) is 5.82 Å². The molecule has 1 saturated heterocycles. The molecule has 0 aromatic heterocycles. The molecule has 0 aliphatic carbocycles. The molecule has 162 valence electrons. The van der Waals surface area contributed by atoms with Crippen LogP contribution >= 0.6 is 0 Å². The third-order valence-electron chi connectivity index (χ3n) is 5.14. The van der Waals surface area contributed by atoms with Crippen LogP contribution in [0.15, 0.2) is 42.5 Å². The van der Waals surface area contributed by atoms with E-state index in [0.717, 1.165) is 44.8 Å². The number of urea groups is 1. The number of carbonyl (C=O) groups excluding carboxylic acids is 1. The number of nitrogens with one attached hydrogen (secondary N) is 2. The molecule has 2 N–H and O–H groups in total. The Morgan fingerprint density at radius 2 is 1.70 bits per heavy atom. The fraction of sp³-hybridized carbons (Fsp3) is 0.409. The van der Waals surface area contributed by atoms with Crippen molar-refractivity contribution in [1.82, 2.24) is 10.2 Å². The number of amides is 2. The number of hydrogen-bond donors (Lipinski definition) is 2. The second-order valence-corrected chi connectivity index (χ2v) is 7.11. The van der Waals surface area contributed by atoms with Crippen LogP contribution in [0.3, 0.4) is 0 Å². The molecule has 1 fully saturated rings. The van der Waals surface area contributed by atoms with Crippen LogP contribution in [0.1, 0.15) is 6.42 Å². The maximum absolute atomic E-state index is 13.1. The quantitative estimate of drug-likeness (QED) is 0.647. The Hall–Kier alpha value is -3.00. The first-order valence-electron chi connectivity index (χ1n) is 10.1. The molecule has 2 aromatic rings. The topological polar surface area (TPSA) is 66.1 Å². The van der Waals surface area contributed by atoms with Gasteiger partial charge in [0.2, 0.25) is 0 Å². The van der Waals surface area contributed by atoms with E-state index in [0.29, 0.717) is 23.7 Å². The lowest BCUT2D eigenvalue weighted by molar-refractivity contribution is 0.244. The summed E-state index contributed by atoms with van der Waals surface area (Å²) in [4.78, 5) is 16.8. The number of anilines is 2. The van der Waals surface area contributed by atoms with Gasteiger partial charge in [0.1, 0.15) is 5.82 Å². The van der Waals surface area contributed by atoms with Crippen molar-refractivity contribution in [3.63, 3.8) is 0 Å². The first kappa shape index (κ1) is 21.7. The first-order valence-corrected chi connectivity index (χ1v) is 10.1. The number of halogens is 1. The van der Waals surface area contributed by atoms with E-state index in [1.807, 2.05) is 12.1 Å². The summed E-state index contributed by atoms with van der Waals surface area (Å²) >= 11 is 0. The van der Waals surface area contributed by atoms with Crippen molar-refractivity contribution >= 4 is 17.4 Å². The van der Waals surface area contributed by atoms with Gasteiger partial charge in [0.05, 0.1) is 14.2 Å². The minimum Gasteiger partial charge on any atom is -0.493 e. The van der Waals surface area contributed by atoms with Crippen molar-refractivity contribution in [1.29, 1.82) is 0 Å². The molecule has 30 heavy (non-hydrogen) atoms. The van der Waals surface area contributed by atoms with Gasteiger partial charge in [0, 0.05) is 50.2 Å². The van der Waals surface area contributed by atoms with E-state index in [1.165, 1.54) is 12.1 Å². The maximum atomic E-state index is 13.1. The number of nitrogens with zero attached hydrogens (tertiary/aromatic N) is 2. The average molecular weight is 416 g/mol. The van der Waals surface area contributed by atoms with Gasteiger partial charge >= 0.3 is 6.03 Å². The lowest BCUT2D eigenvalue weighted by Gasteiger charge is -2.36. The summed E-state index contributed by atoms with van der Waals surface area (Å²) < 4.78 is 23.5. The van der Waals surface area contributed by atoms with E-state index in [1.54, 1.807) is 32.4 Å². The third-order valence-corrected chi connectivity index (χ3v) is 5.14. The highest BCUT2D eigenvalue weighted by atomic mass is 19.1. The molecule has 1 heterocycles. The third kappa shape index (κ3) is 6.00. The Bertz CT molecular complexity index is 824. The van der Waals surface area contributed by atoms with Gasteiger partial charge < -0.3 is 25.0 Å². The molecule has 8 heteroatoms. The minimum atomic E-state index is -0.247. The fourth-order valence-electron chi connectivity index (χ4n) is 3.48. The van der Waals surface area contributed by atoms with Crippen molar-refractivity contribution in [2.45, 2.75) is 6.42 Å². The number of benzene rings is 2. The number of methoxy groups -OCH3 is 2. The van der Waals surface area contributed by atoms with Crippen molar-refractivity contribution < 1.29 is 18.7 Å². The number of ether oxygens (including phenoxy) is 2. The van der Waals surface area contributed by atoms with Gasteiger partial charge in [0.15, 0.2) is 11.5 Å². The van der Waals surface area contributed by atoms with Crippen molar-refractivity contribution in [2.24, 2.45) is 0 Å². The van der Waals surface area contributed by atoms with Crippen molar-refractivity contribution in [3.05, 3.63) is 48.3 Å². The van der Waals surface area contributed by atoms with Crippen LogP contribution in [-0.4, -0.2) is 64.4 Å². The molecular weight excluding hydrogens is 387 g/mol. The average Bonchev–Trinajstić information content (AvgIpc) is 2.77. The van der Waals surface area contributed by atoms with E-state index < -0.39 is 0 Å². The Labute approximate surface area is 176 Å². The van der Waals surface area contributed by atoms with E-state index in [-0.39, 0.29) is 11.8 Å². The lowest BCUT2D eigenvalue weighted by atomic mass is 10.2.